The maximum absolute atomic E-state index is 13.2. The Labute approximate surface area is 102 Å². The summed E-state index contributed by atoms with van der Waals surface area (Å²) >= 11 is 3.16. The molecular formula is C12H13BrFNO. The molecule has 0 radical (unpaired) electrons. The van der Waals surface area contributed by atoms with Gasteiger partial charge in [0.05, 0.1) is 11.0 Å². The van der Waals surface area contributed by atoms with Gasteiger partial charge in [-0.25, -0.2) is 4.39 Å². The van der Waals surface area contributed by atoms with Gasteiger partial charge in [0.1, 0.15) is 17.2 Å². The van der Waals surface area contributed by atoms with Crippen molar-refractivity contribution < 1.29 is 8.81 Å². The van der Waals surface area contributed by atoms with Gasteiger partial charge in [0, 0.05) is 11.5 Å². The molecule has 1 aromatic heterocycles. The summed E-state index contributed by atoms with van der Waals surface area (Å²) < 4.78 is 19.2. The Hall–Kier alpha value is -0.870. The SMILES string of the molecule is CCCNCc1cc2cc(Br)c(F)cc2o1. The van der Waals surface area contributed by atoms with Gasteiger partial charge < -0.3 is 9.73 Å². The lowest BCUT2D eigenvalue weighted by Crippen LogP contribution is -2.12. The van der Waals surface area contributed by atoms with Gasteiger partial charge in [0.2, 0.25) is 0 Å². The zero-order valence-electron chi connectivity index (χ0n) is 9.02. The fourth-order valence-corrected chi connectivity index (χ4v) is 1.93. The van der Waals surface area contributed by atoms with Crippen molar-refractivity contribution in [2.45, 2.75) is 19.9 Å². The van der Waals surface area contributed by atoms with Gasteiger partial charge in [-0.15, -0.1) is 0 Å². The van der Waals surface area contributed by atoms with Crippen LogP contribution in [-0.4, -0.2) is 6.54 Å². The molecule has 0 saturated carbocycles. The molecule has 1 N–H and O–H groups in total. The lowest BCUT2D eigenvalue weighted by Gasteiger charge is -1.97. The molecule has 0 unspecified atom stereocenters. The number of nitrogens with one attached hydrogen (secondary N) is 1. The molecule has 4 heteroatoms. The van der Waals surface area contributed by atoms with Crippen LogP contribution in [0.5, 0.6) is 0 Å². The summed E-state index contributed by atoms with van der Waals surface area (Å²) in [4.78, 5) is 0. The molecule has 0 bridgehead atoms. The highest BCUT2D eigenvalue weighted by Gasteiger charge is 2.07. The average Bonchev–Trinajstić information content (AvgIpc) is 2.61. The van der Waals surface area contributed by atoms with Crippen molar-refractivity contribution in [1.82, 2.24) is 5.32 Å². The quantitative estimate of drug-likeness (QED) is 0.864. The van der Waals surface area contributed by atoms with E-state index in [1.165, 1.54) is 6.07 Å². The maximum Gasteiger partial charge on any atom is 0.141 e. The number of halogens is 2. The third-order valence-corrected chi connectivity index (χ3v) is 2.94. The Balaban J connectivity index is 2.23. The van der Waals surface area contributed by atoms with Gasteiger partial charge in [0.25, 0.3) is 0 Å². The van der Waals surface area contributed by atoms with E-state index in [1.54, 1.807) is 6.07 Å². The standard InChI is InChI=1S/C12H13BrFNO/c1-2-3-15-7-9-4-8-5-10(13)11(14)6-12(8)16-9/h4-6,15H,2-3,7H2,1H3. The second-order valence-corrected chi connectivity index (χ2v) is 4.55. The summed E-state index contributed by atoms with van der Waals surface area (Å²) in [5, 5.41) is 4.16. The predicted octanol–water partition coefficient (Wildman–Crippen LogP) is 3.83. The average molecular weight is 286 g/mol. The first kappa shape index (κ1) is 11.6. The van der Waals surface area contributed by atoms with Crippen LogP contribution in [0.4, 0.5) is 4.39 Å². The molecule has 2 aromatic rings. The van der Waals surface area contributed by atoms with Gasteiger partial charge in [-0.1, -0.05) is 6.92 Å². The molecule has 0 spiro atoms. The third-order valence-electron chi connectivity index (χ3n) is 2.34. The van der Waals surface area contributed by atoms with Crippen LogP contribution in [0.15, 0.2) is 27.1 Å². The van der Waals surface area contributed by atoms with Crippen LogP contribution in [0.3, 0.4) is 0 Å². The lowest BCUT2D eigenvalue weighted by molar-refractivity contribution is 0.511. The number of furan rings is 1. The van der Waals surface area contributed by atoms with E-state index in [2.05, 4.69) is 28.2 Å². The predicted molar refractivity (Wildman–Crippen MR) is 65.9 cm³/mol. The topological polar surface area (TPSA) is 25.2 Å². The summed E-state index contributed by atoms with van der Waals surface area (Å²) in [7, 11) is 0. The number of benzene rings is 1. The summed E-state index contributed by atoms with van der Waals surface area (Å²) in [6.45, 7) is 3.75. The summed E-state index contributed by atoms with van der Waals surface area (Å²) in [6.07, 6.45) is 1.08. The Morgan fingerprint density at radius 1 is 1.38 bits per heavy atom. The molecule has 1 heterocycles. The Morgan fingerprint density at radius 3 is 2.94 bits per heavy atom. The second kappa shape index (κ2) is 4.97. The van der Waals surface area contributed by atoms with Crippen molar-refractivity contribution in [3.05, 3.63) is 34.2 Å². The zero-order chi connectivity index (χ0) is 11.5. The molecular weight excluding hydrogens is 273 g/mol. The van der Waals surface area contributed by atoms with Crippen molar-refractivity contribution in [3.8, 4) is 0 Å². The first-order valence-electron chi connectivity index (χ1n) is 5.29. The highest BCUT2D eigenvalue weighted by atomic mass is 79.9. The maximum atomic E-state index is 13.2. The molecule has 0 aliphatic carbocycles. The Bertz CT molecular complexity index is 456. The largest absolute Gasteiger partial charge is 0.460 e. The molecule has 0 fully saturated rings. The van der Waals surface area contributed by atoms with Gasteiger partial charge >= 0.3 is 0 Å². The van der Waals surface area contributed by atoms with Crippen LogP contribution in [0.25, 0.3) is 11.0 Å². The Kier molecular flexibility index (Phi) is 3.61. The van der Waals surface area contributed by atoms with E-state index in [4.69, 9.17) is 4.42 Å². The molecule has 0 aliphatic heterocycles. The first-order chi connectivity index (χ1) is 7.70. The monoisotopic (exact) mass is 285 g/mol. The minimum atomic E-state index is -0.296. The van der Waals surface area contributed by atoms with Gasteiger partial charge in [0.15, 0.2) is 0 Å². The molecule has 0 atom stereocenters. The van der Waals surface area contributed by atoms with Crippen molar-refractivity contribution >= 4 is 26.9 Å². The van der Waals surface area contributed by atoms with E-state index in [0.717, 1.165) is 24.1 Å². The molecule has 86 valence electrons. The molecule has 16 heavy (non-hydrogen) atoms. The van der Waals surface area contributed by atoms with Crippen LogP contribution in [0.1, 0.15) is 19.1 Å². The number of hydrogen-bond acceptors (Lipinski definition) is 2. The molecule has 1 aromatic carbocycles. The highest BCUT2D eigenvalue weighted by Crippen LogP contribution is 2.26. The summed E-state index contributed by atoms with van der Waals surface area (Å²) in [5.74, 6) is 0.538. The Morgan fingerprint density at radius 2 is 2.19 bits per heavy atom. The van der Waals surface area contributed by atoms with Gasteiger partial charge in [-0.05, 0) is 41.0 Å². The number of fused-ring (bicyclic) bond motifs is 1. The normalized spacial score (nSPS) is 11.2. The number of hydrogen-bond donors (Lipinski definition) is 1. The number of rotatable bonds is 4. The van der Waals surface area contributed by atoms with E-state index in [0.29, 0.717) is 16.6 Å². The van der Waals surface area contributed by atoms with E-state index in [9.17, 15) is 4.39 Å². The van der Waals surface area contributed by atoms with Crippen LogP contribution in [-0.2, 0) is 6.54 Å². The summed E-state index contributed by atoms with van der Waals surface area (Å²) in [5.41, 5.74) is 0.592. The van der Waals surface area contributed by atoms with Gasteiger partial charge in [-0.2, -0.15) is 0 Å². The molecule has 2 rings (SSSR count). The fraction of sp³-hybridized carbons (Fsp3) is 0.333. The van der Waals surface area contributed by atoms with Gasteiger partial charge in [-0.3, -0.25) is 0 Å². The van der Waals surface area contributed by atoms with Crippen molar-refractivity contribution in [2.75, 3.05) is 6.54 Å². The smallest absolute Gasteiger partial charge is 0.141 e. The van der Waals surface area contributed by atoms with E-state index < -0.39 is 0 Å². The molecule has 0 amide bonds. The van der Waals surface area contributed by atoms with E-state index in [1.807, 2.05) is 6.07 Å². The van der Waals surface area contributed by atoms with Crippen LogP contribution in [0.2, 0.25) is 0 Å². The second-order valence-electron chi connectivity index (χ2n) is 3.69. The van der Waals surface area contributed by atoms with Crippen molar-refractivity contribution in [1.29, 1.82) is 0 Å². The summed E-state index contributed by atoms with van der Waals surface area (Å²) in [6, 6.07) is 5.07. The van der Waals surface area contributed by atoms with E-state index in [-0.39, 0.29) is 5.82 Å². The minimum absolute atomic E-state index is 0.296. The first-order valence-corrected chi connectivity index (χ1v) is 6.08. The van der Waals surface area contributed by atoms with Crippen LogP contribution in [0, 0.1) is 5.82 Å². The molecule has 2 nitrogen and oxygen atoms in total. The molecule has 0 saturated heterocycles. The molecule has 0 aliphatic rings. The minimum Gasteiger partial charge on any atom is -0.460 e. The van der Waals surface area contributed by atoms with Crippen LogP contribution < -0.4 is 5.32 Å². The van der Waals surface area contributed by atoms with E-state index >= 15 is 0 Å². The fourth-order valence-electron chi connectivity index (χ4n) is 1.56. The third kappa shape index (κ3) is 2.44. The van der Waals surface area contributed by atoms with Crippen molar-refractivity contribution in [2.24, 2.45) is 0 Å². The zero-order valence-corrected chi connectivity index (χ0v) is 10.6. The van der Waals surface area contributed by atoms with Crippen molar-refractivity contribution in [3.63, 3.8) is 0 Å². The lowest BCUT2D eigenvalue weighted by atomic mass is 10.2. The highest BCUT2D eigenvalue weighted by molar-refractivity contribution is 9.10. The van der Waals surface area contributed by atoms with Crippen LogP contribution >= 0.6 is 15.9 Å².